The van der Waals surface area contributed by atoms with E-state index in [0.29, 0.717) is 11.6 Å². The van der Waals surface area contributed by atoms with E-state index in [9.17, 15) is 4.39 Å². The molecule has 0 aliphatic heterocycles. The van der Waals surface area contributed by atoms with Crippen LogP contribution in [-0.2, 0) is 5.41 Å². The van der Waals surface area contributed by atoms with Crippen LogP contribution in [0, 0.1) is 11.7 Å². The molecule has 1 unspecified atom stereocenters. The van der Waals surface area contributed by atoms with Crippen molar-refractivity contribution in [2.45, 2.75) is 11.8 Å². The highest BCUT2D eigenvalue weighted by Gasteiger charge is 2.54. The second-order valence-corrected chi connectivity index (χ2v) is 4.48. The molecule has 2 rings (SSSR count). The summed E-state index contributed by atoms with van der Waals surface area (Å²) in [5.41, 5.74) is 6.33. The van der Waals surface area contributed by atoms with Crippen molar-refractivity contribution < 1.29 is 9.50 Å². The second-order valence-electron chi connectivity index (χ2n) is 4.07. The number of rotatable bonds is 3. The molecule has 2 nitrogen and oxygen atoms in total. The van der Waals surface area contributed by atoms with Gasteiger partial charge >= 0.3 is 0 Å². The van der Waals surface area contributed by atoms with Gasteiger partial charge in [0.2, 0.25) is 0 Å². The Morgan fingerprint density at radius 1 is 1.60 bits per heavy atom. The molecule has 1 aromatic rings. The van der Waals surface area contributed by atoms with Crippen LogP contribution in [0.1, 0.15) is 12.0 Å². The summed E-state index contributed by atoms with van der Waals surface area (Å²) in [7, 11) is 0. The van der Waals surface area contributed by atoms with Crippen molar-refractivity contribution >= 4 is 11.6 Å². The largest absolute Gasteiger partial charge is 0.396 e. The number of hydrogen-bond donors (Lipinski definition) is 2. The molecule has 0 radical (unpaired) electrons. The predicted molar refractivity (Wildman–Crippen MR) is 57.3 cm³/mol. The number of halogens is 2. The van der Waals surface area contributed by atoms with Crippen molar-refractivity contribution in [2.75, 3.05) is 13.2 Å². The summed E-state index contributed by atoms with van der Waals surface area (Å²) in [5, 5.41) is 9.51. The molecule has 0 heterocycles. The highest BCUT2D eigenvalue weighted by molar-refractivity contribution is 6.31. The van der Waals surface area contributed by atoms with Gasteiger partial charge in [0.25, 0.3) is 0 Å². The lowest BCUT2D eigenvalue weighted by atomic mass is 9.93. The molecule has 3 N–H and O–H groups in total. The summed E-state index contributed by atoms with van der Waals surface area (Å²) in [5.74, 6) is -0.192. The zero-order valence-electron chi connectivity index (χ0n) is 8.21. The quantitative estimate of drug-likeness (QED) is 0.829. The van der Waals surface area contributed by atoms with Crippen molar-refractivity contribution in [1.29, 1.82) is 0 Å². The average molecular weight is 230 g/mol. The summed E-state index contributed by atoms with van der Waals surface area (Å²) in [6.07, 6.45) is 0.825. The van der Waals surface area contributed by atoms with Gasteiger partial charge in [0.05, 0.1) is 0 Å². The Kier molecular flexibility index (Phi) is 2.71. The Bertz CT molecular complexity index is 385. The standard InChI is InChI=1S/C11H13ClFNO/c12-10-3-8(13)1-2-9(10)11(6-14)4-7(11)5-15/h1-3,7,15H,4-6,14H2/t7?,11-/m1/s1. The van der Waals surface area contributed by atoms with Gasteiger partial charge in [-0.15, -0.1) is 0 Å². The summed E-state index contributed by atoms with van der Waals surface area (Å²) >= 11 is 5.98. The summed E-state index contributed by atoms with van der Waals surface area (Å²) in [6.45, 7) is 0.536. The van der Waals surface area contributed by atoms with E-state index in [2.05, 4.69) is 0 Å². The van der Waals surface area contributed by atoms with E-state index >= 15 is 0 Å². The molecule has 82 valence electrons. The van der Waals surface area contributed by atoms with Gasteiger partial charge in [-0.1, -0.05) is 17.7 Å². The summed E-state index contributed by atoms with van der Waals surface area (Å²) < 4.78 is 12.9. The van der Waals surface area contributed by atoms with Gasteiger partial charge in [0.15, 0.2) is 0 Å². The molecular formula is C11H13ClFNO. The Balaban J connectivity index is 2.37. The monoisotopic (exact) mass is 229 g/mol. The Hall–Kier alpha value is -0.640. The molecule has 1 fully saturated rings. The lowest BCUT2D eigenvalue weighted by molar-refractivity contribution is 0.264. The SMILES string of the molecule is NC[C@]1(c2ccc(F)cc2Cl)CC1CO. The highest BCUT2D eigenvalue weighted by atomic mass is 35.5. The zero-order chi connectivity index (χ0) is 11.1. The third-order valence-corrected chi connectivity index (χ3v) is 3.60. The van der Waals surface area contributed by atoms with E-state index in [0.717, 1.165) is 12.0 Å². The fraction of sp³-hybridized carbons (Fsp3) is 0.455. The second kappa shape index (κ2) is 3.74. The van der Waals surface area contributed by atoms with Gasteiger partial charge in [-0.25, -0.2) is 4.39 Å². The molecule has 0 aromatic heterocycles. The maximum absolute atomic E-state index is 12.9. The van der Waals surface area contributed by atoms with Gasteiger partial charge in [-0.3, -0.25) is 0 Å². The van der Waals surface area contributed by atoms with Crippen LogP contribution in [0.4, 0.5) is 4.39 Å². The molecule has 1 aliphatic rings. The van der Waals surface area contributed by atoms with Crippen LogP contribution in [0.5, 0.6) is 0 Å². The first-order valence-corrected chi connectivity index (χ1v) is 5.28. The van der Waals surface area contributed by atoms with Gasteiger partial charge in [0, 0.05) is 23.6 Å². The van der Waals surface area contributed by atoms with E-state index in [1.165, 1.54) is 12.1 Å². The van der Waals surface area contributed by atoms with E-state index in [-0.39, 0.29) is 23.8 Å². The molecule has 15 heavy (non-hydrogen) atoms. The molecule has 1 aliphatic carbocycles. The van der Waals surface area contributed by atoms with Gasteiger partial charge in [0.1, 0.15) is 5.82 Å². The minimum atomic E-state index is -0.350. The molecule has 0 saturated heterocycles. The summed E-state index contributed by atoms with van der Waals surface area (Å²) in [4.78, 5) is 0. The molecule has 0 bridgehead atoms. The molecule has 0 spiro atoms. The first-order valence-electron chi connectivity index (χ1n) is 4.90. The fourth-order valence-electron chi connectivity index (χ4n) is 2.20. The zero-order valence-corrected chi connectivity index (χ0v) is 8.97. The number of aliphatic hydroxyl groups excluding tert-OH is 1. The first-order chi connectivity index (χ1) is 7.14. The van der Waals surface area contributed by atoms with Crippen LogP contribution in [0.15, 0.2) is 18.2 Å². The van der Waals surface area contributed by atoms with Crippen LogP contribution < -0.4 is 5.73 Å². The van der Waals surface area contributed by atoms with Crippen LogP contribution in [-0.4, -0.2) is 18.3 Å². The lowest BCUT2D eigenvalue weighted by Crippen LogP contribution is -2.24. The van der Waals surface area contributed by atoms with Gasteiger partial charge in [-0.05, 0) is 30.0 Å². The lowest BCUT2D eigenvalue weighted by Gasteiger charge is -2.16. The molecule has 0 amide bonds. The number of nitrogens with two attached hydrogens (primary N) is 1. The minimum absolute atomic E-state index is 0.102. The van der Waals surface area contributed by atoms with Crippen molar-refractivity contribution in [3.63, 3.8) is 0 Å². The fourth-order valence-corrected chi connectivity index (χ4v) is 2.56. The normalized spacial score (nSPS) is 29.2. The van der Waals surface area contributed by atoms with E-state index < -0.39 is 0 Å². The third-order valence-electron chi connectivity index (χ3n) is 3.28. The highest BCUT2D eigenvalue weighted by Crippen LogP contribution is 2.54. The minimum Gasteiger partial charge on any atom is -0.396 e. The molecule has 1 aromatic carbocycles. The third kappa shape index (κ3) is 1.65. The molecule has 2 atom stereocenters. The maximum Gasteiger partial charge on any atom is 0.124 e. The summed E-state index contributed by atoms with van der Waals surface area (Å²) in [6, 6.07) is 4.34. The molecular weight excluding hydrogens is 217 g/mol. The van der Waals surface area contributed by atoms with E-state index in [1.54, 1.807) is 6.07 Å². The van der Waals surface area contributed by atoms with Gasteiger partial charge in [-0.2, -0.15) is 0 Å². The topological polar surface area (TPSA) is 46.2 Å². The Labute approximate surface area is 92.9 Å². The number of aliphatic hydroxyl groups is 1. The van der Waals surface area contributed by atoms with E-state index in [4.69, 9.17) is 22.4 Å². The van der Waals surface area contributed by atoms with Crippen LogP contribution >= 0.6 is 11.6 Å². The number of benzene rings is 1. The molecule has 4 heteroatoms. The van der Waals surface area contributed by atoms with Crippen LogP contribution in [0.25, 0.3) is 0 Å². The van der Waals surface area contributed by atoms with Crippen molar-refractivity contribution in [2.24, 2.45) is 11.7 Å². The number of hydrogen-bond acceptors (Lipinski definition) is 2. The van der Waals surface area contributed by atoms with Crippen molar-refractivity contribution in [3.05, 3.63) is 34.6 Å². The van der Waals surface area contributed by atoms with Crippen molar-refractivity contribution in [1.82, 2.24) is 0 Å². The smallest absolute Gasteiger partial charge is 0.124 e. The Morgan fingerprint density at radius 3 is 2.80 bits per heavy atom. The Morgan fingerprint density at radius 2 is 2.33 bits per heavy atom. The van der Waals surface area contributed by atoms with Crippen LogP contribution in [0.2, 0.25) is 5.02 Å². The van der Waals surface area contributed by atoms with Crippen LogP contribution in [0.3, 0.4) is 0 Å². The predicted octanol–water partition coefficient (Wildman–Crippen LogP) is 1.69. The maximum atomic E-state index is 12.9. The average Bonchev–Trinajstić information content (AvgIpc) is 2.93. The first kappa shape index (κ1) is 10.9. The van der Waals surface area contributed by atoms with E-state index in [1.807, 2.05) is 0 Å². The molecule has 1 saturated carbocycles. The van der Waals surface area contributed by atoms with Crippen molar-refractivity contribution in [3.8, 4) is 0 Å². The van der Waals surface area contributed by atoms with Gasteiger partial charge < -0.3 is 10.8 Å².